The second kappa shape index (κ2) is 8.13. The molecule has 0 heterocycles. The minimum Gasteiger partial charge on any atom is -0.496 e. The van der Waals surface area contributed by atoms with E-state index in [1.807, 2.05) is 31.2 Å². The van der Waals surface area contributed by atoms with Gasteiger partial charge < -0.3 is 10.1 Å². The molecule has 0 aliphatic rings. The lowest BCUT2D eigenvalue weighted by molar-refractivity contribution is -0.121. The number of hydrogen-bond acceptors (Lipinski definition) is 4. The van der Waals surface area contributed by atoms with E-state index in [2.05, 4.69) is 5.32 Å². The topological polar surface area (TPSA) is 75.7 Å². The lowest BCUT2D eigenvalue weighted by Gasteiger charge is -2.20. The fourth-order valence-electron chi connectivity index (χ4n) is 2.45. The lowest BCUT2D eigenvalue weighted by atomic mass is 10.1. The molecule has 1 atom stereocenters. The normalized spacial score (nSPS) is 12.6. The van der Waals surface area contributed by atoms with Gasteiger partial charge in [-0.25, -0.2) is 8.42 Å². The maximum absolute atomic E-state index is 12.4. The maximum atomic E-state index is 12.4. The van der Waals surface area contributed by atoms with Crippen molar-refractivity contribution in [3.63, 3.8) is 0 Å². The molecular formula is C18H22N2O4S. The van der Waals surface area contributed by atoms with Crippen LogP contribution >= 0.6 is 0 Å². The van der Waals surface area contributed by atoms with Crippen LogP contribution in [0.25, 0.3) is 0 Å². The molecule has 0 saturated heterocycles. The molecule has 2 rings (SSSR count). The monoisotopic (exact) mass is 362 g/mol. The summed E-state index contributed by atoms with van der Waals surface area (Å²) in [6.45, 7) is 1.55. The summed E-state index contributed by atoms with van der Waals surface area (Å²) in [6.07, 6.45) is 0. The first-order chi connectivity index (χ1) is 11.9. The molecule has 0 radical (unpaired) electrons. The molecular weight excluding hydrogens is 340 g/mol. The Labute approximate surface area is 148 Å². The van der Waals surface area contributed by atoms with Crippen LogP contribution in [0.5, 0.6) is 5.75 Å². The largest absolute Gasteiger partial charge is 0.496 e. The van der Waals surface area contributed by atoms with E-state index in [4.69, 9.17) is 4.74 Å². The Morgan fingerprint density at radius 2 is 1.72 bits per heavy atom. The number of amides is 1. The predicted molar refractivity (Wildman–Crippen MR) is 95.8 cm³/mol. The minimum atomic E-state index is -3.70. The van der Waals surface area contributed by atoms with Gasteiger partial charge in [0, 0.05) is 12.6 Å². The van der Waals surface area contributed by atoms with Crippen LogP contribution < -0.4 is 10.1 Å². The predicted octanol–water partition coefficient (Wildman–Crippen LogP) is 2.19. The fourth-order valence-corrected chi connectivity index (χ4v) is 3.60. The average molecular weight is 362 g/mol. The molecule has 1 N–H and O–H groups in total. The fraction of sp³-hybridized carbons (Fsp3) is 0.278. The molecule has 0 saturated carbocycles. The van der Waals surface area contributed by atoms with Crippen LogP contribution in [-0.4, -0.2) is 39.3 Å². The molecule has 0 spiro atoms. The number of rotatable bonds is 7. The number of sulfonamides is 1. The van der Waals surface area contributed by atoms with E-state index >= 15 is 0 Å². The van der Waals surface area contributed by atoms with Gasteiger partial charge in [-0.3, -0.25) is 4.79 Å². The van der Waals surface area contributed by atoms with Crippen molar-refractivity contribution in [3.05, 3.63) is 60.2 Å². The molecule has 1 amide bonds. The van der Waals surface area contributed by atoms with Gasteiger partial charge in [0.1, 0.15) is 5.75 Å². The Balaban J connectivity index is 2.04. The van der Waals surface area contributed by atoms with E-state index in [-0.39, 0.29) is 23.4 Å². The van der Waals surface area contributed by atoms with Gasteiger partial charge in [-0.2, -0.15) is 4.31 Å². The highest BCUT2D eigenvalue weighted by Gasteiger charge is 2.23. The van der Waals surface area contributed by atoms with Gasteiger partial charge in [0.25, 0.3) is 0 Å². The van der Waals surface area contributed by atoms with Crippen LogP contribution in [0.3, 0.4) is 0 Å². The molecule has 0 bridgehead atoms. The van der Waals surface area contributed by atoms with Crippen LogP contribution in [-0.2, 0) is 14.8 Å². The quantitative estimate of drug-likeness (QED) is 0.819. The highest BCUT2D eigenvalue weighted by atomic mass is 32.2. The Hall–Kier alpha value is -2.38. The van der Waals surface area contributed by atoms with Crippen molar-refractivity contribution < 1.29 is 17.9 Å². The van der Waals surface area contributed by atoms with Crippen molar-refractivity contribution in [1.29, 1.82) is 0 Å². The molecule has 0 unspecified atom stereocenters. The third-order valence-corrected chi connectivity index (χ3v) is 5.62. The van der Waals surface area contributed by atoms with Crippen molar-refractivity contribution in [3.8, 4) is 5.75 Å². The molecule has 0 aliphatic heterocycles. The molecule has 25 heavy (non-hydrogen) atoms. The van der Waals surface area contributed by atoms with E-state index in [0.717, 1.165) is 9.87 Å². The number of benzene rings is 2. The number of ether oxygens (including phenoxy) is 1. The molecule has 0 aliphatic carbocycles. The molecule has 6 nitrogen and oxygen atoms in total. The standard InChI is InChI=1S/C18H22N2O4S/c1-14(16-11-7-8-12-17(16)24-3)19-18(21)13-20(2)25(22,23)15-9-5-4-6-10-15/h4-12,14H,13H2,1-3H3,(H,19,21)/t14-/m1/s1. The number of carbonyl (C=O) groups is 1. The SMILES string of the molecule is COc1ccccc1[C@@H](C)NC(=O)CN(C)S(=O)(=O)c1ccccc1. The first kappa shape index (κ1) is 19.0. The molecule has 134 valence electrons. The molecule has 2 aromatic carbocycles. The van der Waals surface area contributed by atoms with Crippen LogP contribution in [0.2, 0.25) is 0 Å². The van der Waals surface area contributed by atoms with Gasteiger partial charge in [-0.05, 0) is 25.1 Å². The highest BCUT2D eigenvalue weighted by molar-refractivity contribution is 7.89. The molecule has 7 heteroatoms. The number of likely N-dealkylation sites (N-methyl/N-ethyl adjacent to an activating group) is 1. The van der Waals surface area contributed by atoms with Gasteiger partial charge >= 0.3 is 0 Å². The van der Waals surface area contributed by atoms with Gasteiger partial charge in [-0.15, -0.1) is 0 Å². The summed E-state index contributed by atoms with van der Waals surface area (Å²) in [6, 6.07) is 15.1. The first-order valence-corrected chi connectivity index (χ1v) is 9.24. The summed E-state index contributed by atoms with van der Waals surface area (Å²) in [7, 11) is -0.752. The molecule has 2 aromatic rings. The van der Waals surface area contributed by atoms with E-state index in [9.17, 15) is 13.2 Å². The van der Waals surface area contributed by atoms with Crippen molar-refractivity contribution in [1.82, 2.24) is 9.62 Å². The number of para-hydroxylation sites is 1. The van der Waals surface area contributed by atoms with Crippen LogP contribution in [0.1, 0.15) is 18.5 Å². The second-order valence-electron chi connectivity index (χ2n) is 5.61. The molecule has 0 fully saturated rings. The molecule has 0 aromatic heterocycles. The third kappa shape index (κ3) is 4.58. The van der Waals surface area contributed by atoms with E-state index in [0.29, 0.717) is 5.75 Å². The number of methoxy groups -OCH3 is 1. The first-order valence-electron chi connectivity index (χ1n) is 7.80. The Morgan fingerprint density at radius 3 is 2.36 bits per heavy atom. The third-order valence-electron chi connectivity index (χ3n) is 3.80. The van der Waals surface area contributed by atoms with E-state index in [1.165, 1.54) is 19.2 Å². The van der Waals surface area contributed by atoms with Crippen LogP contribution in [0, 0.1) is 0 Å². The summed E-state index contributed by atoms with van der Waals surface area (Å²) in [4.78, 5) is 12.4. The zero-order valence-corrected chi connectivity index (χ0v) is 15.3. The second-order valence-corrected chi connectivity index (χ2v) is 7.65. The van der Waals surface area contributed by atoms with Crippen LogP contribution in [0.15, 0.2) is 59.5 Å². The van der Waals surface area contributed by atoms with Gasteiger partial charge in [0.2, 0.25) is 15.9 Å². The maximum Gasteiger partial charge on any atom is 0.243 e. The number of nitrogens with one attached hydrogen (secondary N) is 1. The summed E-state index contributed by atoms with van der Waals surface area (Å²) in [5.74, 6) is 0.279. The minimum absolute atomic E-state index is 0.156. The van der Waals surface area contributed by atoms with Gasteiger partial charge in [0.15, 0.2) is 0 Å². The Bertz CT molecular complexity index is 822. The highest BCUT2D eigenvalue weighted by Crippen LogP contribution is 2.24. The zero-order valence-electron chi connectivity index (χ0n) is 14.5. The smallest absolute Gasteiger partial charge is 0.243 e. The number of carbonyl (C=O) groups excluding carboxylic acids is 1. The number of nitrogens with zero attached hydrogens (tertiary/aromatic N) is 1. The van der Waals surface area contributed by atoms with E-state index in [1.54, 1.807) is 25.3 Å². The Morgan fingerprint density at radius 1 is 1.12 bits per heavy atom. The van der Waals surface area contributed by atoms with Crippen LogP contribution in [0.4, 0.5) is 0 Å². The summed E-state index contributed by atoms with van der Waals surface area (Å²) < 4.78 is 31.2. The average Bonchev–Trinajstić information content (AvgIpc) is 2.62. The van der Waals surface area contributed by atoms with Crippen molar-refractivity contribution in [2.75, 3.05) is 20.7 Å². The van der Waals surface area contributed by atoms with Crippen molar-refractivity contribution in [2.45, 2.75) is 17.9 Å². The van der Waals surface area contributed by atoms with E-state index < -0.39 is 10.0 Å². The Kier molecular flexibility index (Phi) is 6.17. The van der Waals surface area contributed by atoms with Gasteiger partial charge in [0.05, 0.1) is 24.6 Å². The van der Waals surface area contributed by atoms with Crippen molar-refractivity contribution in [2.24, 2.45) is 0 Å². The zero-order chi connectivity index (χ0) is 18.4. The van der Waals surface area contributed by atoms with Crippen molar-refractivity contribution >= 4 is 15.9 Å². The summed E-state index contributed by atoms with van der Waals surface area (Å²) in [5.41, 5.74) is 0.826. The summed E-state index contributed by atoms with van der Waals surface area (Å²) >= 11 is 0. The summed E-state index contributed by atoms with van der Waals surface area (Å²) in [5, 5.41) is 2.80. The lowest BCUT2D eigenvalue weighted by Crippen LogP contribution is -2.39. The number of hydrogen-bond donors (Lipinski definition) is 1. The van der Waals surface area contributed by atoms with Gasteiger partial charge in [-0.1, -0.05) is 36.4 Å².